The van der Waals surface area contributed by atoms with Gasteiger partial charge in [0.1, 0.15) is 11.6 Å². The van der Waals surface area contributed by atoms with Crippen molar-refractivity contribution in [2.75, 3.05) is 6.54 Å². The van der Waals surface area contributed by atoms with Crippen LogP contribution in [0.1, 0.15) is 26.3 Å². The quantitative estimate of drug-likeness (QED) is 0.875. The third kappa shape index (κ3) is 3.50. The summed E-state index contributed by atoms with van der Waals surface area (Å²) >= 11 is 0. The summed E-state index contributed by atoms with van der Waals surface area (Å²) < 4.78 is 26.7. The van der Waals surface area contributed by atoms with E-state index in [4.69, 9.17) is 5.26 Å². The van der Waals surface area contributed by atoms with Gasteiger partial charge in [0.05, 0.1) is 12.1 Å². The average Bonchev–Trinajstić information content (AvgIpc) is 2.29. The zero-order chi connectivity index (χ0) is 13.1. The summed E-state index contributed by atoms with van der Waals surface area (Å²) in [5, 5.41) is 11.6. The Morgan fingerprint density at radius 1 is 1.41 bits per heavy atom. The topological polar surface area (TPSA) is 35.8 Å². The predicted octanol–water partition coefficient (Wildman–Crippen LogP) is 2.74. The Hall–Kier alpha value is -1.47. The minimum atomic E-state index is -0.572. The Bertz CT molecular complexity index is 436. The van der Waals surface area contributed by atoms with Crippen molar-refractivity contribution in [3.63, 3.8) is 0 Å². The Labute approximate surface area is 100 Å². The van der Waals surface area contributed by atoms with Crippen LogP contribution in [0.25, 0.3) is 0 Å². The average molecular weight is 238 g/mol. The normalized spacial score (nSPS) is 13.2. The van der Waals surface area contributed by atoms with Crippen LogP contribution < -0.4 is 5.32 Å². The lowest BCUT2D eigenvalue weighted by Gasteiger charge is -2.27. The van der Waals surface area contributed by atoms with Crippen molar-refractivity contribution < 1.29 is 8.78 Å². The third-order valence-corrected chi connectivity index (χ3v) is 2.70. The molecule has 4 heteroatoms. The summed E-state index contributed by atoms with van der Waals surface area (Å²) in [6.45, 7) is 5.74. The van der Waals surface area contributed by atoms with Gasteiger partial charge in [-0.25, -0.2) is 8.78 Å². The number of hydrogen-bond donors (Lipinski definition) is 1. The molecule has 0 aliphatic carbocycles. The molecule has 0 fully saturated rings. The molecule has 0 saturated heterocycles. The molecule has 0 spiro atoms. The number of nitriles is 1. The van der Waals surface area contributed by atoms with E-state index in [0.29, 0.717) is 12.1 Å². The van der Waals surface area contributed by atoms with E-state index in [2.05, 4.69) is 5.32 Å². The van der Waals surface area contributed by atoms with Crippen LogP contribution in [0.2, 0.25) is 0 Å². The molecular formula is C13H16F2N2. The van der Waals surface area contributed by atoms with Crippen LogP contribution >= 0.6 is 0 Å². The molecule has 0 aromatic heterocycles. The highest BCUT2D eigenvalue weighted by Crippen LogP contribution is 2.25. The minimum Gasteiger partial charge on any atom is -0.301 e. The van der Waals surface area contributed by atoms with Crippen molar-refractivity contribution in [1.82, 2.24) is 5.32 Å². The first-order valence-electron chi connectivity index (χ1n) is 5.45. The molecule has 0 heterocycles. The van der Waals surface area contributed by atoms with Gasteiger partial charge in [-0.1, -0.05) is 13.8 Å². The molecule has 17 heavy (non-hydrogen) atoms. The maximum Gasteiger partial charge on any atom is 0.127 e. The van der Waals surface area contributed by atoms with Crippen LogP contribution in [0.4, 0.5) is 8.78 Å². The lowest BCUT2D eigenvalue weighted by molar-refractivity contribution is 0.432. The van der Waals surface area contributed by atoms with Gasteiger partial charge in [-0.15, -0.1) is 0 Å². The maximum absolute atomic E-state index is 13.6. The van der Waals surface area contributed by atoms with E-state index < -0.39 is 17.0 Å². The molecule has 1 atom stereocenters. The number of benzene rings is 1. The van der Waals surface area contributed by atoms with E-state index >= 15 is 0 Å². The molecular weight excluding hydrogens is 222 g/mol. The Morgan fingerprint density at radius 2 is 2.06 bits per heavy atom. The first kappa shape index (κ1) is 13.6. The van der Waals surface area contributed by atoms with Gasteiger partial charge in [0.25, 0.3) is 0 Å². The van der Waals surface area contributed by atoms with Crippen LogP contribution in [0.5, 0.6) is 0 Å². The molecule has 0 saturated carbocycles. The summed E-state index contributed by atoms with van der Waals surface area (Å²) in [5.41, 5.74) is -0.257. The van der Waals surface area contributed by atoms with E-state index in [1.165, 1.54) is 6.07 Å². The molecule has 0 amide bonds. The van der Waals surface area contributed by atoms with Crippen LogP contribution in [0.3, 0.4) is 0 Å². The van der Waals surface area contributed by atoms with Crippen molar-refractivity contribution >= 4 is 0 Å². The van der Waals surface area contributed by atoms with Crippen molar-refractivity contribution in [1.29, 1.82) is 5.26 Å². The van der Waals surface area contributed by atoms with Crippen molar-refractivity contribution in [3.05, 3.63) is 35.4 Å². The lowest BCUT2D eigenvalue weighted by Crippen LogP contribution is -2.37. The number of halogens is 2. The van der Waals surface area contributed by atoms with Gasteiger partial charge in [0.2, 0.25) is 0 Å². The van der Waals surface area contributed by atoms with Crippen LogP contribution in [0, 0.1) is 23.0 Å². The molecule has 1 unspecified atom stereocenters. The molecule has 1 aromatic rings. The van der Waals surface area contributed by atoms with Gasteiger partial charge >= 0.3 is 0 Å². The third-order valence-electron chi connectivity index (χ3n) is 2.70. The Balaban J connectivity index is 2.89. The fraction of sp³-hybridized carbons (Fsp3) is 0.462. The monoisotopic (exact) mass is 238 g/mol. The first-order valence-corrected chi connectivity index (χ1v) is 5.45. The first-order chi connectivity index (χ1) is 7.86. The number of nitrogens with zero attached hydrogens (tertiary/aromatic N) is 1. The lowest BCUT2D eigenvalue weighted by atomic mass is 9.84. The second-order valence-electron chi connectivity index (χ2n) is 4.74. The highest BCUT2D eigenvalue weighted by molar-refractivity contribution is 5.27. The highest BCUT2D eigenvalue weighted by atomic mass is 19.1. The van der Waals surface area contributed by atoms with Crippen LogP contribution in [0.15, 0.2) is 18.2 Å². The SMILES string of the molecule is CC(C#N)NCC(C)(C)c1cc(F)ccc1F. The summed E-state index contributed by atoms with van der Waals surface area (Å²) in [6, 6.07) is 5.15. The standard InChI is InChI=1S/C13H16F2N2/c1-9(7-16)17-8-13(2,3)11-6-10(14)4-5-12(11)15/h4-6,9,17H,8H2,1-3H3. The largest absolute Gasteiger partial charge is 0.301 e. The van der Waals surface area contributed by atoms with E-state index in [-0.39, 0.29) is 6.04 Å². The molecule has 0 aliphatic rings. The molecule has 2 nitrogen and oxygen atoms in total. The fourth-order valence-corrected chi connectivity index (χ4v) is 1.57. The van der Waals surface area contributed by atoms with Crippen LogP contribution in [-0.2, 0) is 5.41 Å². The molecule has 0 radical (unpaired) electrons. The fourth-order valence-electron chi connectivity index (χ4n) is 1.57. The summed E-state index contributed by atoms with van der Waals surface area (Å²) in [4.78, 5) is 0. The maximum atomic E-state index is 13.6. The molecule has 1 aromatic carbocycles. The van der Waals surface area contributed by atoms with Crippen molar-refractivity contribution in [3.8, 4) is 6.07 Å². The summed E-state index contributed by atoms with van der Waals surface area (Å²) in [6.07, 6.45) is 0. The molecule has 92 valence electrons. The zero-order valence-corrected chi connectivity index (χ0v) is 10.2. The van der Waals surface area contributed by atoms with Gasteiger partial charge in [-0.2, -0.15) is 5.26 Å². The molecule has 0 bridgehead atoms. The van der Waals surface area contributed by atoms with E-state index in [9.17, 15) is 8.78 Å². The number of rotatable bonds is 4. The highest BCUT2D eigenvalue weighted by Gasteiger charge is 2.25. The van der Waals surface area contributed by atoms with Crippen molar-refractivity contribution in [2.24, 2.45) is 0 Å². The van der Waals surface area contributed by atoms with Gasteiger partial charge in [-0.05, 0) is 30.7 Å². The minimum absolute atomic E-state index is 0.314. The van der Waals surface area contributed by atoms with Gasteiger partial charge in [-0.3, -0.25) is 0 Å². The van der Waals surface area contributed by atoms with Gasteiger partial charge < -0.3 is 5.32 Å². The smallest absolute Gasteiger partial charge is 0.127 e. The van der Waals surface area contributed by atoms with Gasteiger partial charge in [0, 0.05) is 12.0 Å². The Morgan fingerprint density at radius 3 is 2.65 bits per heavy atom. The summed E-state index contributed by atoms with van der Waals surface area (Å²) in [5.74, 6) is -0.884. The second kappa shape index (κ2) is 5.24. The number of nitrogens with one attached hydrogen (secondary N) is 1. The van der Waals surface area contributed by atoms with Crippen LogP contribution in [-0.4, -0.2) is 12.6 Å². The zero-order valence-electron chi connectivity index (χ0n) is 10.2. The Kier molecular flexibility index (Phi) is 4.19. The summed E-state index contributed by atoms with van der Waals surface area (Å²) in [7, 11) is 0. The molecule has 1 rings (SSSR count). The van der Waals surface area contributed by atoms with E-state index in [1.54, 1.807) is 6.92 Å². The van der Waals surface area contributed by atoms with E-state index in [1.807, 2.05) is 19.9 Å². The second-order valence-corrected chi connectivity index (χ2v) is 4.74. The number of hydrogen-bond acceptors (Lipinski definition) is 2. The predicted molar refractivity (Wildman–Crippen MR) is 62.5 cm³/mol. The molecule has 0 aliphatic heterocycles. The van der Waals surface area contributed by atoms with Crippen molar-refractivity contribution in [2.45, 2.75) is 32.2 Å². The van der Waals surface area contributed by atoms with E-state index in [0.717, 1.165) is 12.1 Å². The van der Waals surface area contributed by atoms with Gasteiger partial charge in [0.15, 0.2) is 0 Å². The molecule has 1 N–H and O–H groups in total.